The standard InChI is InChI=1S/C12H10ClN3O3S/c13-8-1-2-10(11(5-8)16(18)19)12(17)15-3-4-20-7-9(15)6-14/h1-2,5,9H,3-4,7H2. The van der Waals surface area contributed by atoms with E-state index in [0.29, 0.717) is 18.1 Å². The van der Waals surface area contributed by atoms with Crippen LogP contribution in [0.1, 0.15) is 10.4 Å². The van der Waals surface area contributed by atoms with Crippen LogP contribution >= 0.6 is 23.4 Å². The molecule has 1 aliphatic heterocycles. The molecule has 0 aliphatic carbocycles. The highest BCUT2D eigenvalue weighted by molar-refractivity contribution is 7.99. The number of rotatable bonds is 2. The zero-order valence-corrected chi connectivity index (χ0v) is 11.9. The van der Waals surface area contributed by atoms with Crippen molar-refractivity contribution in [3.63, 3.8) is 0 Å². The first-order chi connectivity index (χ1) is 9.54. The lowest BCUT2D eigenvalue weighted by Gasteiger charge is -2.30. The van der Waals surface area contributed by atoms with Crippen molar-refractivity contribution >= 4 is 35.0 Å². The molecule has 8 heteroatoms. The second-order valence-electron chi connectivity index (χ2n) is 4.14. The number of nitro groups is 1. The van der Waals surface area contributed by atoms with Gasteiger partial charge in [-0.1, -0.05) is 11.6 Å². The van der Waals surface area contributed by atoms with Crippen LogP contribution in [0.3, 0.4) is 0 Å². The van der Waals surface area contributed by atoms with Crippen molar-refractivity contribution in [2.45, 2.75) is 6.04 Å². The molecule has 0 bridgehead atoms. The van der Waals surface area contributed by atoms with Gasteiger partial charge in [0.05, 0.1) is 11.0 Å². The minimum Gasteiger partial charge on any atom is -0.321 e. The van der Waals surface area contributed by atoms with E-state index in [-0.39, 0.29) is 16.3 Å². The first kappa shape index (κ1) is 14.6. The van der Waals surface area contributed by atoms with Gasteiger partial charge in [-0.15, -0.1) is 0 Å². The Morgan fingerprint density at radius 1 is 1.60 bits per heavy atom. The van der Waals surface area contributed by atoms with Crippen molar-refractivity contribution in [3.8, 4) is 6.07 Å². The third-order valence-corrected chi connectivity index (χ3v) is 4.18. The number of nitro benzene ring substituents is 1. The lowest BCUT2D eigenvalue weighted by atomic mass is 10.1. The van der Waals surface area contributed by atoms with Crippen LogP contribution < -0.4 is 0 Å². The summed E-state index contributed by atoms with van der Waals surface area (Å²) in [4.78, 5) is 24.2. The Kier molecular flexibility index (Phi) is 4.47. The Bertz CT molecular complexity index is 602. The van der Waals surface area contributed by atoms with E-state index in [1.807, 2.05) is 0 Å². The fourth-order valence-corrected chi connectivity index (χ4v) is 3.08. The van der Waals surface area contributed by atoms with Crippen LogP contribution in [0.15, 0.2) is 18.2 Å². The number of hydrogen-bond donors (Lipinski definition) is 0. The predicted octanol–water partition coefficient (Wildman–Crippen LogP) is 2.33. The molecular weight excluding hydrogens is 302 g/mol. The number of halogens is 1. The minimum absolute atomic E-state index is 0.0356. The summed E-state index contributed by atoms with van der Waals surface area (Å²) in [5.41, 5.74) is -0.371. The SMILES string of the molecule is N#CC1CSCCN1C(=O)c1ccc(Cl)cc1[N+](=O)[O-]. The molecule has 1 saturated heterocycles. The summed E-state index contributed by atoms with van der Waals surface area (Å²) in [7, 11) is 0. The van der Waals surface area contributed by atoms with Gasteiger partial charge >= 0.3 is 0 Å². The largest absolute Gasteiger partial charge is 0.321 e. The molecule has 1 unspecified atom stereocenters. The first-order valence-corrected chi connectivity index (χ1v) is 7.30. The second kappa shape index (κ2) is 6.11. The molecule has 0 radical (unpaired) electrons. The lowest BCUT2D eigenvalue weighted by molar-refractivity contribution is -0.385. The Morgan fingerprint density at radius 3 is 3.00 bits per heavy atom. The summed E-state index contributed by atoms with van der Waals surface area (Å²) < 4.78 is 0. The van der Waals surface area contributed by atoms with E-state index < -0.39 is 16.9 Å². The molecule has 1 aliphatic rings. The van der Waals surface area contributed by atoms with Crippen molar-refractivity contribution in [1.82, 2.24) is 4.90 Å². The van der Waals surface area contributed by atoms with Gasteiger partial charge in [0.25, 0.3) is 11.6 Å². The molecule has 0 N–H and O–H groups in total. The molecule has 0 aromatic heterocycles. The van der Waals surface area contributed by atoms with Crippen molar-refractivity contribution in [2.24, 2.45) is 0 Å². The van der Waals surface area contributed by atoms with Gasteiger partial charge in [0.15, 0.2) is 0 Å². The summed E-state index contributed by atoms with van der Waals surface area (Å²) >= 11 is 7.31. The highest BCUT2D eigenvalue weighted by Crippen LogP contribution is 2.26. The molecule has 1 fully saturated rings. The van der Waals surface area contributed by atoms with Gasteiger partial charge in [-0.3, -0.25) is 14.9 Å². The number of amides is 1. The monoisotopic (exact) mass is 311 g/mol. The number of carbonyl (C=O) groups is 1. The highest BCUT2D eigenvalue weighted by Gasteiger charge is 2.31. The topological polar surface area (TPSA) is 87.2 Å². The van der Waals surface area contributed by atoms with E-state index in [1.54, 1.807) is 11.8 Å². The van der Waals surface area contributed by atoms with E-state index in [0.717, 1.165) is 6.07 Å². The molecule has 0 saturated carbocycles. The summed E-state index contributed by atoms with van der Waals surface area (Å²) in [6.45, 7) is 0.404. The Morgan fingerprint density at radius 2 is 2.35 bits per heavy atom. The maximum Gasteiger partial charge on any atom is 0.283 e. The minimum atomic E-state index is -0.640. The molecule has 104 valence electrons. The number of benzene rings is 1. The summed E-state index contributed by atoms with van der Waals surface area (Å²) in [5.74, 6) is 0.731. The van der Waals surface area contributed by atoms with E-state index in [2.05, 4.69) is 6.07 Å². The quantitative estimate of drug-likeness (QED) is 0.618. The van der Waals surface area contributed by atoms with E-state index in [1.165, 1.54) is 17.0 Å². The van der Waals surface area contributed by atoms with Gasteiger partial charge < -0.3 is 4.90 Å². The van der Waals surface area contributed by atoms with Gasteiger partial charge in [-0.05, 0) is 12.1 Å². The highest BCUT2D eigenvalue weighted by atomic mass is 35.5. The van der Waals surface area contributed by atoms with Crippen molar-refractivity contribution < 1.29 is 9.72 Å². The van der Waals surface area contributed by atoms with Crippen LogP contribution in [0.2, 0.25) is 5.02 Å². The number of hydrogen-bond acceptors (Lipinski definition) is 5. The number of carbonyl (C=O) groups excluding carboxylic acids is 1. The maximum absolute atomic E-state index is 12.4. The average Bonchev–Trinajstić information content (AvgIpc) is 2.46. The number of nitriles is 1. The summed E-state index contributed by atoms with van der Waals surface area (Å²) in [5, 5.41) is 20.3. The normalized spacial score (nSPS) is 18.4. The molecular formula is C12H10ClN3O3S. The van der Waals surface area contributed by atoms with Crippen LogP contribution in [-0.4, -0.2) is 39.8 Å². The van der Waals surface area contributed by atoms with Crippen LogP contribution in [-0.2, 0) is 0 Å². The summed E-state index contributed by atoms with van der Waals surface area (Å²) in [6, 6.07) is 5.41. The zero-order chi connectivity index (χ0) is 14.7. The molecule has 0 spiro atoms. The maximum atomic E-state index is 12.4. The van der Waals surface area contributed by atoms with Crippen LogP contribution in [0.5, 0.6) is 0 Å². The molecule has 1 amide bonds. The average molecular weight is 312 g/mol. The van der Waals surface area contributed by atoms with Crippen molar-refractivity contribution in [2.75, 3.05) is 18.1 Å². The smallest absolute Gasteiger partial charge is 0.283 e. The third kappa shape index (κ3) is 2.86. The second-order valence-corrected chi connectivity index (χ2v) is 5.72. The van der Waals surface area contributed by atoms with Crippen molar-refractivity contribution in [3.05, 3.63) is 38.9 Å². The molecule has 1 aromatic carbocycles. The lowest BCUT2D eigenvalue weighted by Crippen LogP contribution is -2.45. The number of nitrogens with zero attached hydrogens (tertiary/aromatic N) is 3. The Hall–Kier alpha value is -1.78. The number of thioether (sulfide) groups is 1. The zero-order valence-electron chi connectivity index (χ0n) is 10.3. The van der Waals surface area contributed by atoms with Gasteiger partial charge in [-0.25, -0.2) is 0 Å². The molecule has 1 heterocycles. The van der Waals surface area contributed by atoms with Crippen molar-refractivity contribution in [1.29, 1.82) is 5.26 Å². The van der Waals surface area contributed by atoms with Crippen LogP contribution in [0.25, 0.3) is 0 Å². The molecule has 1 atom stereocenters. The van der Waals surface area contributed by atoms with E-state index >= 15 is 0 Å². The van der Waals surface area contributed by atoms with E-state index in [4.69, 9.17) is 16.9 Å². The van der Waals surface area contributed by atoms with Gasteiger partial charge in [0.1, 0.15) is 11.6 Å². The van der Waals surface area contributed by atoms with Gasteiger partial charge in [0.2, 0.25) is 0 Å². The van der Waals surface area contributed by atoms with Crippen LogP contribution in [0.4, 0.5) is 5.69 Å². The van der Waals surface area contributed by atoms with E-state index in [9.17, 15) is 14.9 Å². The molecule has 2 rings (SSSR count). The van der Waals surface area contributed by atoms with Crippen LogP contribution in [0, 0.1) is 21.4 Å². The first-order valence-electron chi connectivity index (χ1n) is 5.77. The van der Waals surface area contributed by atoms with Gasteiger partial charge in [0, 0.05) is 29.1 Å². The van der Waals surface area contributed by atoms with Gasteiger partial charge in [-0.2, -0.15) is 17.0 Å². The fourth-order valence-electron chi connectivity index (χ4n) is 1.95. The Balaban J connectivity index is 2.38. The predicted molar refractivity (Wildman–Crippen MR) is 75.9 cm³/mol. The third-order valence-electron chi connectivity index (χ3n) is 2.93. The molecule has 20 heavy (non-hydrogen) atoms. The Labute approximate surface area is 124 Å². The molecule has 6 nitrogen and oxygen atoms in total. The molecule has 1 aromatic rings. The summed E-state index contributed by atoms with van der Waals surface area (Å²) in [6.07, 6.45) is 0. The fraction of sp³-hybridized carbons (Fsp3) is 0.333.